The number of Topliss-reactive ketones (excluding diaryl/α,β-unsaturated/α-hetero) is 1. The third-order valence-corrected chi connectivity index (χ3v) is 7.69. The Kier molecular flexibility index (Phi) is 5.89. The number of nitrogens with two attached hydrogens (primary N) is 2. The molecule has 38 heavy (non-hydrogen) atoms. The normalized spacial score (nSPS) is 18.8. The minimum atomic E-state index is -0.647. The maximum absolute atomic E-state index is 13.6. The van der Waals surface area contributed by atoms with Crippen LogP contribution in [0, 0.1) is 0 Å². The molecular weight excluding hydrogens is 484 g/mol. The van der Waals surface area contributed by atoms with Crippen LogP contribution in [0.4, 0.5) is 0 Å². The lowest BCUT2D eigenvalue weighted by atomic mass is 9.82. The molecule has 10 nitrogen and oxygen atoms in total. The second-order valence-corrected chi connectivity index (χ2v) is 10.2. The second-order valence-electron chi connectivity index (χ2n) is 10.2. The van der Waals surface area contributed by atoms with Crippen LogP contribution < -0.4 is 21.1 Å². The van der Waals surface area contributed by atoms with E-state index < -0.39 is 5.60 Å². The van der Waals surface area contributed by atoms with Crippen molar-refractivity contribution >= 4 is 28.4 Å². The number of nitrogens with zero attached hydrogens (tertiary/aromatic N) is 4. The van der Waals surface area contributed by atoms with Gasteiger partial charge in [0.1, 0.15) is 28.6 Å². The van der Waals surface area contributed by atoms with E-state index in [4.69, 9.17) is 26.0 Å². The van der Waals surface area contributed by atoms with Gasteiger partial charge in [-0.1, -0.05) is 0 Å². The highest BCUT2D eigenvalue weighted by Gasteiger charge is 2.44. The maximum Gasteiger partial charge on any atom is 0.272 e. The average molecular weight is 515 g/mol. The number of piperidine rings is 1. The summed E-state index contributed by atoms with van der Waals surface area (Å²) in [7, 11) is 0. The molecule has 3 aliphatic rings. The fourth-order valence-corrected chi connectivity index (χ4v) is 5.47. The molecule has 4 N–H and O–H groups in total. The largest absolute Gasteiger partial charge is 0.493 e. The number of ketones is 1. The summed E-state index contributed by atoms with van der Waals surface area (Å²) >= 11 is 0. The highest BCUT2D eigenvalue weighted by molar-refractivity contribution is 6.04. The van der Waals surface area contributed by atoms with Gasteiger partial charge in [0.25, 0.3) is 5.91 Å². The van der Waals surface area contributed by atoms with Gasteiger partial charge in [0.15, 0.2) is 5.78 Å². The van der Waals surface area contributed by atoms with Crippen LogP contribution in [0.2, 0.25) is 0 Å². The highest BCUT2D eigenvalue weighted by Crippen LogP contribution is 2.43. The zero-order chi connectivity index (χ0) is 26.4. The SMILES string of the molecule is CCOc1cc(C(=O)N2CCC3(CC2)CC(=O)c2cc(/C(N)=N/N)ccc2O3)nc2c(C3CC3)nccc12. The molecule has 4 heterocycles. The molecule has 2 aliphatic heterocycles. The van der Waals surface area contributed by atoms with Gasteiger partial charge in [0.2, 0.25) is 0 Å². The van der Waals surface area contributed by atoms with Crippen molar-refractivity contribution in [3.8, 4) is 11.5 Å². The Hall–Kier alpha value is -4.21. The van der Waals surface area contributed by atoms with Crippen LogP contribution in [-0.2, 0) is 0 Å². The Morgan fingerprint density at radius 3 is 2.74 bits per heavy atom. The van der Waals surface area contributed by atoms with Gasteiger partial charge in [-0.2, -0.15) is 5.10 Å². The molecule has 2 aromatic heterocycles. The van der Waals surface area contributed by atoms with Crippen molar-refractivity contribution in [3.63, 3.8) is 0 Å². The number of hydrogen-bond acceptors (Lipinski definition) is 8. The predicted molar refractivity (Wildman–Crippen MR) is 141 cm³/mol. The Bertz CT molecular complexity index is 1470. The molecule has 0 atom stereocenters. The maximum atomic E-state index is 13.6. The Balaban J connectivity index is 1.23. The van der Waals surface area contributed by atoms with Gasteiger partial charge in [-0.15, -0.1) is 0 Å². The molecule has 0 unspecified atom stereocenters. The molecule has 1 saturated heterocycles. The first-order valence-corrected chi connectivity index (χ1v) is 13.0. The molecule has 1 spiro atoms. The van der Waals surface area contributed by atoms with Gasteiger partial charge in [0, 0.05) is 55.1 Å². The molecule has 2 fully saturated rings. The summed E-state index contributed by atoms with van der Waals surface area (Å²) in [6, 6.07) is 8.77. The van der Waals surface area contributed by atoms with Crippen LogP contribution in [0.1, 0.15) is 77.0 Å². The van der Waals surface area contributed by atoms with Crippen LogP contribution in [-0.4, -0.2) is 57.7 Å². The van der Waals surface area contributed by atoms with Crippen molar-refractivity contribution < 1.29 is 19.1 Å². The number of fused-ring (bicyclic) bond motifs is 2. The van der Waals surface area contributed by atoms with Crippen LogP contribution in [0.5, 0.6) is 11.5 Å². The quantitative estimate of drug-likeness (QED) is 0.229. The lowest BCUT2D eigenvalue weighted by Crippen LogP contribution is -2.52. The first kappa shape index (κ1) is 24.1. The number of pyridine rings is 2. The zero-order valence-electron chi connectivity index (χ0n) is 21.3. The zero-order valence-corrected chi connectivity index (χ0v) is 21.3. The lowest BCUT2D eigenvalue weighted by molar-refractivity contribution is -0.00585. The molecule has 0 radical (unpaired) electrons. The standard InChI is InChI=1S/C28H30N6O4/c1-2-37-23-14-20(32-25-18(23)7-10-31-24(25)16-3-4-16)27(36)34-11-8-28(9-12-34)15-21(35)19-13-17(26(29)33-30)5-6-22(19)38-28/h5-7,10,13-14,16H,2-4,8-9,11-12,15,30H2,1H3,(H2,29,33). The Morgan fingerprint density at radius 2 is 2.03 bits per heavy atom. The van der Waals surface area contributed by atoms with E-state index in [9.17, 15) is 9.59 Å². The van der Waals surface area contributed by atoms with Gasteiger partial charge in [-0.25, -0.2) is 4.98 Å². The number of ether oxygens (including phenoxy) is 2. The van der Waals surface area contributed by atoms with Gasteiger partial charge < -0.3 is 25.9 Å². The monoisotopic (exact) mass is 514 g/mol. The topological polar surface area (TPSA) is 146 Å². The third kappa shape index (κ3) is 4.19. The molecule has 0 bridgehead atoms. The predicted octanol–water partition coefficient (Wildman–Crippen LogP) is 3.13. The van der Waals surface area contributed by atoms with Gasteiger partial charge in [-0.3, -0.25) is 14.6 Å². The minimum Gasteiger partial charge on any atom is -0.493 e. The summed E-state index contributed by atoms with van der Waals surface area (Å²) in [6.07, 6.45) is 5.28. The lowest BCUT2D eigenvalue weighted by Gasteiger charge is -2.44. The van der Waals surface area contributed by atoms with Crippen molar-refractivity contribution in [1.29, 1.82) is 0 Å². The first-order chi connectivity index (χ1) is 18.4. The average Bonchev–Trinajstić information content (AvgIpc) is 3.78. The first-order valence-electron chi connectivity index (χ1n) is 13.0. The molecule has 1 aromatic carbocycles. The number of aromatic nitrogens is 2. The summed E-state index contributed by atoms with van der Waals surface area (Å²) in [5.74, 6) is 6.82. The number of hydrogen-bond donors (Lipinski definition) is 2. The van der Waals surface area contributed by atoms with Crippen molar-refractivity contribution in [3.05, 3.63) is 59.0 Å². The number of benzene rings is 1. The number of carbonyl (C=O) groups is 2. The van der Waals surface area contributed by atoms with Crippen LogP contribution in [0.15, 0.2) is 41.6 Å². The van der Waals surface area contributed by atoms with E-state index in [1.54, 1.807) is 35.4 Å². The summed E-state index contributed by atoms with van der Waals surface area (Å²) in [5, 5.41) is 4.39. The van der Waals surface area contributed by atoms with Gasteiger partial charge in [-0.05, 0) is 44.0 Å². The minimum absolute atomic E-state index is 0.0182. The number of hydrazone groups is 1. The van der Waals surface area contributed by atoms with E-state index in [2.05, 4.69) is 10.1 Å². The number of rotatable bonds is 5. The van der Waals surface area contributed by atoms with Crippen molar-refractivity contribution in [2.75, 3.05) is 19.7 Å². The van der Waals surface area contributed by atoms with E-state index in [1.807, 2.05) is 13.0 Å². The molecule has 1 amide bonds. The van der Waals surface area contributed by atoms with E-state index in [1.165, 1.54) is 0 Å². The van der Waals surface area contributed by atoms with Gasteiger partial charge in [0.05, 0.1) is 29.8 Å². The highest BCUT2D eigenvalue weighted by atomic mass is 16.5. The van der Waals surface area contributed by atoms with E-state index >= 15 is 0 Å². The van der Waals surface area contributed by atoms with Crippen molar-refractivity contribution in [2.24, 2.45) is 16.7 Å². The van der Waals surface area contributed by atoms with Crippen LogP contribution in [0.3, 0.4) is 0 Å². The summed E-state index contributed by atoms with van der Waals surface area (Å²) in [4.78, 5) is 37.8. The molecule has 6 rings (SSSR count). The second kappa shape index (κ2) is 9.27. The number of amides is 1. The summed E-state index contributed by atoms with van der Waals surface area (Å²) in [6.45, 7) is 3.32. The van der Waals surface area contributed by atoms with Crippen LogP contribution in [0.25, 0.3) is 10.9 Å². The Labute approximate surface area is 220 Å². The van der Waals surface area contributed by atoms with Gasteiger partial charge >= 0.3 is 0 Å². The number of amidine groups is 1. The molecular formula is C28H30N6O4. The summed E-state index contributed by atoms with van der Waals surface area (Å²) in [5.41, 5.74) is 8.24. The van der Waals surface area contributed by atoms with E-state index in [0.29, 0.717) is 66.8 Å². The molecule has 3 aromatic rings. The molecule has 10 heteroatoms. The Morgan fingerprint density at radius 1 is 1.24 bits per heavy atom. The smallest absolute Gasteiger partial charge is 0.272 e. The fraction of sp³-hybridized carbons (Fsp3) is 0.393. The summed E-state index contributed by atoms with van der Waals surface area (Å²) < 4.78 is 12.3. The van der Waals surface area contributed by atoms with Crippen molar-refractivity contribution in [1.82, 2.24) is 14.9 Å². The molecule has 1 aliphatic carbocycles. The van der Waals surface area contributed by atoms with E-state index in [0.717, 1.165) is 29.4 Å². The number of likely N-dealkylation sites (tertiary alicyclic amines) is 1. The fourth-order valence-electron chi connectivity index (χ4n) is 5.47. The molecule has 1 saturated carbocycles. The number of carbonyl (C=O) groups excluding carboxylic acids is 2. The van der Waals surface area contributed by atoms with E-state index in [-0.39, 0.29) is 23.9 Å². The third-order valence-electron chi connectivity index (χ3n) is 7.69. The van der Waals surface area contributed by atoms with Crippen LogP contribution >= 0.6 is 0 Å². The van der Waals surface area contributed by atoms with Crippen molar-refractivity contribution in [2.45, 2.75) is 50.5 Å². The molecule has 196 valence electrons.